The number of carboxylic acid groups (broad SMARTS) is 1. The maximum Gasteiger partial charge on any atom is 0.309 e. The summed E-state index contributed by atoms with van der Waals surface area (Å²) in [7, 11) is 0. The van der Waals surface area contributed by atoms with Crippen LogP contribution in [0.2, 0.25) is 0 Å². The number of benzene rings is 1. The Balaban J connectivity index is 2.06. The molecule has 2 rings (SSSR count). The minimum Gasteiger partial charge on any atom is -0.481 e. The Labute approximate surface area is 103 Å². The van der Waals surface area contributed by atoms with Crippen molar-refractivity contribution in [2.45, 2.75) is 13.3 Å². The first-order chi connectivity index (χ1) is 8.13. The van der Waals surface area contributed by atoms with Crippen LogP contribution in [-0.4, -0.2) is 16.1 Å². The van der Waals surface area contributed by atoms with E-state index in [9.17, 15) is 4.79 Å². The number of thiazole rings is 1. The van der Waals surface area contributed by atoms with Crippen molar-refractivity contribution in [1.29, 1.82) is 0 Å². The van der Waals surface area contributed by atoms with E-state index in [0.717, 1.165) is 5.69 Å². The Hall–Kier alpha value is -1.88. The molecule has 1 aromatic carbocycles. The van der Waals surface area contributed by atoms with Crippen molar-refractivity contribution >= 4 is 28.1 Å². The number of hydrogen-bond acceptors (Lipinski definition) is 4. The number of aromatic nitrogens is 1. The molecule has 17 heavy (non-hydrogen) atoms. The number of nitrogens with zero attached hydrogens (tertiary/aromatic N) is 1. The van der Waals surface area contributed by atoms with Crippen LogP contribution in [0.25, 0.3) is 0 Å². The molecule has 0 spiro atoms. The minimum atomic E-state index is -0.864. The van der Waals surface area contributed by atoms with Gasteiger partial charge in [0.1, 0.15) is 0 Å². The normalized spacial score (nSPS) is 10.2. The van der Waals surface area contributed by atoms with E-state index in [4.69, 9.17) is 5.11 Å². The summed E-state index contributed by atoms with van der Waals surface area (Å²) in [6, 6.07) is 7.95. The third-order valence-corrected chi connectivity index (χ3v) is 2.99. The van der Waals surface area contributed by atoms with E-state index in [0.29, 0.717) is 10.8 Å². The van der Waals surface area contributed by atoms with E-state index in [1.807, 2.05) is 31.2 Å². The lowest BCUT2D eigenvalue weighted by Gasteiger charge is -2.02. The summed E-state index contributed by atoms with van der Waals surface area (Å²) in [5, 5.41) is 14.2. The van der Waals surface area contributed by atoms with Gasteiger partial charge in [-0.05, 0) is 19.1 Å². The first kappa shape index (κ1) is 11.6. The molecule has 0 atom stereocenters. The first-order valence-corrected chi connectivity index (χ1v) is 6.01. The van der Waals surface area contributed by atoms with Gasteiger partial charge in [-0.25, -0.2) is 4.98 Å². The van der Waals surface area contributed by atoms with E-state index in [1.165, 1.54) is 16.9 Å². The monoisotopic (exact) mass is 248 g/mol. The predicted octanol–water partition coefficient (Wildman–Crippen LogP) is 2.82. The molecule has 0 saturated carbocycles. The fourth-order valence-electron chi connectivity index (χ4n) is 1.36. The average Bonchev–Trinajstić information content (AvgIpc) is 2.68. The zero-order chi connectivity index (χ0) is 12.3. The number of aryl methyl sites for hydroxylation is 1. The largest absolute Gasteiger partial charge is 0.481 e. The van der Waals surface area contributed by atoms with Gasteiger partial charge in [0, 0.05) is 11.1 Å². The minimum absolute atomic E-state index is 0.0356. The first-order valence-electron chi connectivity index (χ1n) is 5.13. The summed E-state index contributed by atoms with van der Waals surface area (Å²) >= 11 is 1.41. The highest BCUT2D eigenvalue weighted by Crippen LogP contribution is 2.21. The Bertz CT molecular complexity index is 520. The van der Waals surface area contributed by atoms with E-state index >= 15 is 0 Å². The van der Waals surface area contributed by atoms with Crippen molar-refractivity contribution in [3.05, 3.63) is 40.9 Å². The quantitative estimate of drug-likeness (QED) is 0.873. The van der Waals surface area contributed by atoms with Crippen LogP contribution in [0.5, 0.6) is 0 Å². The Morgan fingerprint density at radius 1 is 1.41 bits per heavy atom. The fraction of sp³-hybridized carbons (Fsp3) is 0.167. The zero-order valence-electron chi connectivity index (χ0n) is 9.30. The summed E-state index contributed by atoms with van der Waals surface area (Å²) in [5.41, 5.74) is 2.73. The van der Waals surface area contributed by atoms with Gasteiger partial charge in [0.15, 0.2) is 5.13 Å². The van der Waals surface area contributed by atoms with Crippen molar-refractivity contribution < 1.29 is 9.90 Å². The Morgan fingerprint density at radius 3 is 2.76 bits per heavy atom. The molecule has 5 heteroatoms. The molecule has 0 aliphatic heterocycles. The summed E-state index contributed by atoms with van der Waals surface area (Å²) in [6.45, 7) is 2.03. The predicted molar refractivity (Wildman–Crippen MR) is 67.9 cm³/mol. The lowest BCUT2D eigenvalue weighted by molar-refractivity contribution is -0.136. The number of anilines is 2. The van der Waals surface area contributed by atoms with Gasteiger partial charge in [0.05, 0.1) is 12.1 Å². The molecule has 2 N–H and O–H groups in total. The molecular formula is C12H12N2O2S. The Kier molecular flexibility index (Phi) is 3.39. The molecule has 0 amide bonds. The molecule has 0 bridgehead atoms. The molecule has 2 aromatic rings. The molecule has 0 unspecified atom stereocenters. The van der Waals surface area contributed by atoms with Crippen LogP contribution in [0.15, 0.2) is 29.6 Å². The third-order valence-electron chi connectivity index (χ3n) is 2.19. The number of aliphatic carboxylic acids is 1. The second-order valence-electron chi connectivity index (χ2n) is 3.71. The maximum atomic E-state index is 10.5. The van der Waals surface area contributed by atoms with Gasteiger partial charge in [0.25, 0.3) is 0 Å². The van der Waals surface area contributed by atoms with Gasteiger partial charge in [-0.15, -0.1) is 11.3 Å². The highest BCUT2D eigenvalue weighted by atomic mass is 32.1. The van der Waals surface area contributed by atoms with Gasteiger partial charge in [-0.1, -0.05) is 17.7 Å². The number of hydrogen-bond donors (Lipinski definition) is 2. The van der Waals surface area contributed by atoms with Gasteiger partial charge in [0.2, 0.25) is 0 Å². The third kappa shape index (κ3) is 3.29. The highest BCUT2D eigenvalue weighted by Gasteiger charge is 2.05. The zero-order valence-corrected chi connectivity index (χ0v) is 10.1. The van der Waals surface area contributed by atoms with Crippen molar-refractivity contribution in [2.24, 2.45) is 0 Å². The molecule has 0 saturated heterocycles. The summed E-state index contributed by atoms with van der Waals surface area (Å²) in [4.78, 5) is 14.7. The van der Waals surface area contributed by atoms with Crippen LogP contribution in [0.1, 0.15) is 11.3 Å². The van der Waals surface area contributed by atoms with Crippen molar-refractivity contribution in [2.75, 3.05) is 5.32 Å². The maximum absolute atomic E-state index is 10.5. The molecule has 0 aliphatic rings. The van der Waals surface area contributed by atoms with E-state index in [1.54, 1.807) is 5.38 Å². The SMILES string of the molecule is Cc1ccc(Nc2nc(CC(=O)O)cs2)cc1. The van der Waals surface area contributed by atoms with Crippen molar-refractivity contribution in [3.8, 4) is 0 Å². The van der Waals surface area contributed by atoms with Gasteiger partial charge in [-0.2, -0.15) is 0 Å². The van der Waals surface area contributed by atoms with Crippen LogP contribution in [-0.2, 0) is 11.2 Å². The number of rotatable bonds is 4. The van der Waals surface area contributed by atoms with E-state index in [2.05, 4.69) is 10.3 Å². The molecule has 1 heterocycles. The molecule has 88 valence electrons. The highest BCUT2D eigenvalue weighted by molar-refractivity contribution is 7.13. The lowest BCUT2D eigenvalue weighted by atomic mass is 10.2. The molecular weight excluding hydrogens is 236 g/mol. The van der Waals surface area contributed by atoms with Crippen LogP contribution >= 0.6 is 11.3 Å². The average molecular weight is 248 g/mol. The second kappa shape index (κ2) is 4.97. The summed E-state index contributed by atoms with van der Waals surface area (Å²) in [6.07, 6.45) is -0.0356. The van der Waals surface area contributed by atoms with Crippen LogP contribution in [0, 0.1) is 6.92 Å². The second-order valence-corrected chi connectivity index (χ2v) is 4.56. The van der Waals surface area contributed by atoms with E-state index < -0.39 is 5.97 Å². The van der Waals surface area contributed by atoms with Crippen LogP contribution in [0.3, 0.4) is 0 Å². The lowest BCUT2D eigenvalue weighted by Crippen LogP contribution is -2.00. The topological polar surface area (TPSA) is 62.2 Å². The van der Waals surface area contributed by atoms with Crippen LogP contribution in [0.4, 0.5) is 10.8 Å². The number of carboxylic acids is 1. The summed E-state index contributed by atoms with van der Waals surface area (Å²) in [5.74, 6) is -0.864. The standard InChI is InChI=1S/C12H12N2O2S/c1-8-2-4-9(5-3-8)13-12-14-10(7-17-12)6-11(15)16/h2-5,7H,6H2,1H3,(H,13,14)(H,15,16). The van der Waals surface area contributed by atoms with Gasteiger partial charge in [-0.3, -0.25) is 4.79 Å². The van der Waals surface area contributed by atoms with Gasteiger partial charge < -0.3 is 10.4 Å². The van der Waals surface area contributed by atoms with Crippen molar-refractivity contribution in [1.82, 2.24) is 4.98 Å². The molecule has 1 aromatic heterocycles. The van der Waals surface area contributed by atoms with Crippen LogP contribution < -0.4 is 5.32 Å². The number of carbonyl (C=O) groups is 1. The molecule has 4 nitrogen and oxygen atoms in total. The molecule has 0 radical (unpaired) electrons. The fourth-order valence-corrected chi connectivity index (χ4v) is 2.09. The molecule has 0 fully saturated rings. The summed E-state index contributed by atoms with van der Waals surface area (Å²) < 4.78 is 0. The number of nitrogens with one attached hydrogen (secondary N) is 1. The smallest absolute Gasteiger partial charge is 0.309 e. The van der Waals surface area contributed by atoms with E-state index in [-0.39, 0.29) is 6.42 Å². The van der Waals surface area contributed by atoms with Crippen molar-refractivity contribution in [3.63, 3.8) is 0 Å². The Morgan fingerprint density at radius 2 is 2.12 bits per heavy atom. The van der Waals surface area contributed by atoms with Gasteiger partial charge >= 0.3 is 5.97 Å². The molecule has 0 aliphatic carbocycles.